The molecule has 1 aliphatic rings. The van der Waals surface area contributed by atoms with Gasteiger partial charge in [0, 0.05) is 4.43 Å². The van der Waals surface area contributed by atoms with E-state index in [2.05, 4.69) is 32.9 Å². The van der Waals surface area contributed by atoms with Crippen LogP contribution in [0, 0.1) is 0 Å². The highest BCUT2D eigenvalue weighted by atomic mass is 127. The summed E-state index contributed by atoms with van der Waals surface area (Å²) >= 11 is 2.08. The van der Waals surface area contributed by atoms with E-state index in [4.69, 9.17) is 24.2 Å². The Morgan fingerprint density at radius 2 is 1.61 bits per heavy atom. The number of nitrogens with one attached hydrogen (secondary N) is 1. The first kappa shape index (κ1) is 30.2. The van der Waals surface area contributed by atoms with E-state index in [1.54, 1.807) is 7.11 Å². The zero-order chi connectivity index (χ0) is 30.9. The largest absolute Gasteiger partial charge is 0.497 e. The molecule has 5 aromatic rings. The van der Waals surface area contributed by atoms with Gasteiger partial charge in [0.15, 0.2) is 23.1 Å². The highest BCUT2D eigenvalue weighted by Gasteiger charge is 2.55. The Balaban J connectivity index is 1.57. The molecule has 0 unspecified atom stereocenters. The molecule has 44 heavy (non-hydrogen) atoms. The van der Waals surface area contributed by atoms with Crippen LogP contribution >= 0.6 is 22.6 Å². The van der Waals surface area contributed by atoms with Gasteiger partial charge in [-0.1, -0.05) is 95.4 Å². The highest BCUT2D eigenvalue weighted by molar-refractivity contribution is 14.1. The number of ether oxygens (including phenoxy) is 3. The fourth-order valence-corrected chi connectivity index (χ4v) is 6.49. The molecule has 2 N–H and O–H groups in total. The van der Waals surface area contributed by atoms with Gasteiger partial charge in [0.25, 0.3) is 0 Å². The number of aliphatic hydroxyl groups excluding tert-OH is 1. The molecule has 0 spiro atoms. The highest BCUT2D eigenvalue weighted by Crippen LogP contribution is 2.44. The number of halogens is 2. The Morgan fingerprint density at radius 1 is 1.00 bits per heavy atom. The van der Waals surface area contributed by atoms with Crippen molar-refractivity contribution in [1.29, 1.82) is 0 Å². The zero-order valence-corrected chi connectivity index (χ0v) is 26.7. The average molecular weight is 710 g/mol. The van der Waals surface area contributed by atoms with Crippen molar-refractivity contribution in [2.75, 3.05) is 23.5 Å². The van der Waals surface area contributed by atoms with Gasteiger partial charge >= 0.3 is 0 Å². The molecule has 1 fully saturated rings. The molecule has 1 saturated heterocycles. The summed E-state index contributed by atoms with van der Waals surface area (Å²) in [6, 6.07) is 27.9. The fourth-order valence-electron chi connectivity index (χ4n) is 5.80. The van der Waals surface area contributed by atoms with Crippen LogP contribution < -0.4 is 14.8 Å². The van der Waals surface area contributed by atoms with E-state index in [1.165, 1.54) is 17.8 Å². The normalized spacial score (nSPS) is 21.8. The molecule has 0 radical (unpaired) electrons. The monoisotopic (exact) mass is 709 g/mol. The summed E-state index contributed by atoms with van der Waals surface area (Å²) in [5.74, 6) is 1.20. The molecule has 3 heterocycles. The minimum atomic E-state index is -2.09. The van der Waals surface area contributed by atoms with Gasteiger partial charge in [-0.05, 0) is 42.7 Å². The maximum absolute atomic E-state index is 16.0. The third kappa shape index (κ3) is 5.16. The number of aromatic nitrogens is 4. The van der Waals surface area contributed by atoms with Crippen molar-refractivity contribution in [1.82, 2.24) is 19.5 Å². The molecule has 0 bridgehead atoms. The second-order valence-corrected chi connectivity index (χ2v) is 11.6. The molecule has 1 aliphatic heterocycles. The van der Waals surface area contributed by atoms with Crippen molar-refractivity contribution in [2.45, 2.75) is 43.5 Å². The van der Waals surface area contributed by atoms with E-state index >= 15 is 4.39 Å². The first-order chi connectivity index (χ1) is 21.3. The predicted molar refractivity (Wildman–Crippen MR) is 174 cm³/mol. The number of alkyl halides is 2. The van der Waals surface area contributed by atoms with Crippen LogP contribution in [0.2, 0.25) is 0 Å². The Morgan fingerprint density at radius 3 is 2.16 bits per heavy atom. The van der Waals surface area contributed by atoms with Gasteiger partial charge < -0.3 is 24.6 Å². The molecule has 6 rings (SSSR count). The molecule has 2 aromatic heterocycles. The number of aliphatic hydroxyl groups is 1. The quantitative estimate of drug-likeness (QED) is 0.103. The lowest BCUT2D eigenvalue weighted by Crippen LogP contribution is -2.40. The first-order valence-corrected chi connectivity index (χ1v) is 15.9. The molecule has 3 aromatic carbocycles. The standard InChI is InChI=1S/C33H33FIN5O4/c1-4-43-29-26-28(40(20-36-26)30-32(2,34)27(41)25(19-35)44-30)37-31(38-29)39-33(21-11-7-5-8-12-21,22-13-9-6-10-14-22)23-15-17-24(42-3)18-16-23/h5-18,20,25,27,30,41H,4,19H2,1-3H3,(H,37,38,39)/t25-,27-,30+,32-/m1/s1. The van der Waals surface area contributed by atoms with Crippen LogP contribution in [0.25, 0.3) is 11.2 Å². The van der Waals surface area contributed by atoms with Gasteiger partial charge in [0.1, 0.15) is 17.4 Å². The number of fused-ring (bicyclic) bond motifs is 1. The molecule has 9 nitrogen and oxygen atoms in total. The van der Waals surface area contributed by atoms with E-state index in [1.807, 2.05) is 91.9 Å². The van der Waals surface area contributed by atoms with Crippen LogP contribution in [0.5, 0.6) is 11.6 Å². The Kier molecular flexibility index (Phi) is 8.44. The smallest absolute Gasteiger partial charge is 0.247 e. The van der Waals surface area contributed by atoms with Crippen molar-refractivity contribution in [3.05, 3.63) is 108 Å². The van der Waals surface area contributed by atoms with Crippen LogP contribution in [-0.2, 0) is 10.3 Å². The van der Waals surface area contributed by atoms with Crippen LogP contribution in [0.4, 0.5) is 10.3 Å². The molecule has 0 aliphatic carbocycles. The molecule has 228 valence electrons. The van der Waals surface area contributed by atoms with Crippen molar-refractivity contribution in [3.8, 4) is 11.6 Å². The number of hydrogen-bond donors (Lipinski definition) is 2. The molecular formula is C33H33FIN5O4. The third-order valence-electron chi connectivity index (χ3n) is 8.03. The lowest BCUT2D eigenvalue weighted by molar-refractivity contribution is -0.0413. The lowest BCUT2D eigenvalue weighted by atomic mass is 9.77. The Hall–Kier alpha value is -3.81. The van der Waals surface area contributed by atoms with Gasteiger partial charge in [0.05, 0.1) is 26.1 Å². The van der Waals surface area contributed by atoms with Crippen molar-refractivity contribution < 1.29 is 23.7 Å². The van der Waals surface area contributed by atoms with Crippen LogP contribution in [-0.4, -0.2) is 60.6 Å². The van der Waals surface area contributed by atoms with Gasteiger partial charge in [0.2, 0.25) is 11.8 Å². The first-order valence-electron chi connectivity index (χ1n) is 14.3. The number of nitrogens with zero attached hydrogens (tertiary/aromatic N) is 4. The molecular weight excluding hydrogens is 676 g/mol. The van der Waals surface area contributed by atoms with Gasteiger partial charge in [-0.2, -0.15) is 9.97 Å². The minimum Gasteiger partial charge on any atom is -0.497 e. The van der Waals surface area contributed by atoms with Crippen LogP contribution in [0.15, 0.2) is 91.3 Å². The molecule has 11 heteroatoms. The molecule has 0 saturated carbocycles. The number of benzene rings is 3. The van der Waals surface area contributed by atoms with E-state index in [-0.39, 0.29) is 11.8 Å². The van der Waals surface area contributed by atoms with Gasteiger partial charge in [-0.3, -0.25) is 4.57 Å². The summed E-state index contributed by atoms with van der Waals surface area (Å²) in [6.45, 7) is 3.52. The Labute approximate surface area is 268 Å². The summed E-state index contributed by atoms with van der Waals surface area (Å²) in [6.07, 6.45) is -1.69. The summed E-state index contributed by atoms with van der Waals surface area (Å²) in [5.41, 5.74) is 0.413. The van der Waals surface area contributed by atoms with E-state index in [0.717, 1.165) is 22.4 Å². The van der Waals surface area contributed by atoms with E-state index < -0.39 is 29.6 Å². The number of hydrogen-bond acceptors (Lipinski definition) is 8. The number of rotatable bonds is 10. The summed E-state index contributed by atoms with van der Waals surface area (Å²) < 4.78 is 35.4. The van der Waals surface area contributed by atoms with Crippen molar-refractivity contribution >= 4 is 39.7 Å². The SMILES string of the molecule is CCOc1nc(NC(c2ccccc2)(c2ccccc2)c2ccc(OC)cc2)nc2c1ncn2[C@H]1O[C@H](CI)[C@@H](O)[C@@]1(C)F. The maximum atomic E-state index is 16.0. The second kappa shape index (κ2) is 12.3. The van der Waals surface area contributed by atoms with Crippen LogP contribution in [0.1, 0.15) is 36.8 Å². The van der Waals surface area contributed by atoms with Gasteiger partial charge in [-0.25, -0.2) is 9.37 Å². The summed E-state index contributed by atoms with van der Waals surface area (Å²) in [4.78, 5) is 14.2. The fraction of sp³-hybridized carbons (Fsp3) is 0.303. The summed E-state index contributed by atoms with van der Waals surface area (Å²) in [5, 5.41) is 14.4. The minimum absolute atomic E-state index is 0.232. The second-order valence-electron chi connectivity index (χ2n) is 10.7. The maximum Gasteiger partial charge on any atom is 0.247 e. The van der Waals surface area contributed by atoms with Gasteiger partial charge in [-0.15, -0.1) is 0 Å². The number of anilines is 1. The van der Waals surface area contributed by atoms with E-state index in [9.17, 15) is 5.11 Å². The number of methoxy groups -OCH3 is 1. The topological polar surface area (TPSA) is 104 Å². The molecule has 0 amide bonds. The zero-order valence-electron chi connectivity index (χ0n) is 24.5. The van der Waals surface area contributed by atoms with Crippen LogP contribution in [0.3, 0.4) is 0 Å². The predicted octanol–water partition coefficient (Wildman–Crippen LogP) is 6.06. The third-order valence-corrected chi connectivity index (χ3v) is 8.90. The lowest BCUT2D eigenvalue weighted by Gasteiger charge is -2.37. The Bertz CT molecular complexity index is 1680. The molecule has 4 atom stereocenters. The number of imidazole rings is 1. The van der Waals surface area contributed by atoms with Crippen molar-refractivity contribution in [2.24, 2.45) is 0 Å². The summed E-state index contributed by atoms with van der Waals surface area (Å²) in [7, 11) is 1.63. The van der Waals surface area contributed by atoms with E-state index in [0.29, 0.717) is 22.2 Å². The average Bonchev–Trinajstić information content (AvgIpc) is 3.58. The van der Waals surface area contributed by atoms with Crippen molar-refractivity contribution in [3.63, 3.8) is 0 Å².